The van der Waals surface area contributed by atoms with E-state index < -0.39 is 5.91 Å². The summed E-state index contributed by atoms with van der Waals surface area (Å²) in [5.41, 5.74) is 9.84. The normalized spacial score (nSPS) is 10.4. The van der Waals surface area contributed by atoms with E-state index in [1.807, 2.05) is 60.7 Å². The van der Waals surface area contributed by atoms with Crippen molar-refractivity contribution in [1.82, 2.24) is 9.78 Å². The van der Waals surface area contributed by atoms with E-state index in [1.54, 1.807) is 53.2 Å². The zero-order chi connectivity index (χ0) is 32.3. The molecule has 0 spiro atoms. The lowest BCUT2D eigenvalue weighted by Gasteiger charge is -2.07. The lowest BCUT2D eigenvalue weighted by atomic mass is 10.0. The number of fused-ring (bicyclic) bond motifs is 1. The molecular formula is C33H28Br2N4O5S. The Bertz CT molecular complexity index is 1820. The maximum absolute atomic E-state index is 11.9. The van der Waals surface area contributed by atoms with Gasteiger partial charge in [0.15, 0.2) is 5.69 Å². The van der Waals surface area contributed by atoms with Crippen LogP contribution in [0.5, 0.6) is 11.5 Å². The lowest BCUT2D eigenvalue weighted by Crippen LogP contribution is -2.12. The number of phenols is 2. The molecule has 0 fully saturated rings. The third-order valence-corrected chi connectivity index (χ3v) is 8.48. The van der Waals surface area contributed by atoms with Crippen molar-refractivity contribution in [2.24, 2.45) is 11.6 Å². The highest BCUT2D eigenvalue weighted by Gasteiger charge is 2.17. The average Bonchev–Trinajstić information content (AvgIpc) is 3.43. The van der Waals surface area contributed by atoms with Crippen LogP contribution < -0.4 is 11.6 Å². The number of nitrogens with two attached hydrogens (primary N) is 2. The summed E-state index contributed by atoms with van der Waals surface area (Å²) in [5.74, 6) is 4.67. The van der Waals surface area contributed by atoms with Gasteiger partial charge in [0.2, 0.25) is 0 Å². The van der Waals surface area contributed by atoms with E-state index in [0.717, 1.165) is 32.7 Å². The minimum absolute atomic E-state index is 0.163. The van der Waals surface area contributed by atoms with Gasteiger partial charge < -0.3 is 15.9 Å². The Kier molecular flexibility index (Phi) is 12.2. The minimum Gasteiger partial charge on any atom is -0.507 e. The molecule has 0 aliphatic heterocycles. The van der Waals surface area contributed by atoms with Crippen LogP contribution in [0.25, 0.3) is 27.7 Å². The molecule has 0 atom stereocenters. The number of nitrogens with zero attached hydrogens (tertiary/aromatic N) is 2. The number of hydrogen-bond donors (Lipinski definition) is 4. The number of benzene rings is 5. The van der Waals surface area contributed by atoms with Crippen LogP contribution in [0.15, 0.2) is 129 Å². The molecule has 0 saturated carbocycles. The van der Waals surface area contributed by atoms with Crippen LogP contribution >= 0.6 is 43.9 Å². The first-order valence-electron chi connectivity index (χ1n) is 13.3. The van der Waals surface area contributed by atoms with Crippen molar-refractivity contribution in [1.29, 1.82) is 0 Å². The summed E-state index contributed by atoms with van der Waals surface area (Å²) in [6.07, 6.45) is 0. The minimum atomic E-state index is -0.621. The maximum atomic E-state index is 11.9. The third kappa shape index (κ3) is 8.94. The van der Waals surface area contributed by atoms with Crippen LogP contribution in [-0.2, 0) is 9.32 Å². The molecule has 0 unspecified atom stereocenters. The van der Waals surface area contributed by atoms with Gasteiger partial charge in [-0.05, 0) is 94.6 Å². The number of aromatic hydroxyl groups is 2. The molecule has 6 N–H and O–H groups in total. The van der Waals surface area contributed by atoms with Crippen molar-refractivity contribution in [2.45, 2.75) is 11.8 Å². The van der Waals surface area contributed by atoms with E-state index in [2.05, 4.69) is 59.3 Å². The van der Waals surface area contributed by atoms with E-state index in [-0.39, 0.29) is 17.2 Å². The molecule has 1 amide bonds. The molecule has 5 aromatic carbocycles. The van der Waals surface area contributed by atoms with E-state index in [0.29, 0.717) is 16.5 Å². The van der Waals surface area contributed by atoms with Crippen LogP contribution in [0.4, 0.5) is 0 Å². The van der Waals surface area contributed by atoms with E-state index in [4.69, 9.17) is 16.7 Å². The summed E-state index contributed by atoms with van der Waals surface area (Å²) < 4.78 is 8.18. The molecule has 9 nitrogen and oxygen atoms in total. The fourth-order valence-electron chi connectivity index (χ4n) is 4.08. The first kappa shape index (κ1) is 33.7. The van der Waals surface area contributed by atoms with Crippen LogP contribution in [0.3, 0.4) is 0 Å². The third-order valence-electron chi connectivity index (χ3n) is 6.31. The number of aromatic nitrogens is 2. The highest BCUT2D eigenvalue weighted by atomic mass is 79.9. The van der Waals surface area contributed by atoms with Gasteiger partial charge in [-0.15, -0.1) is 9.32 Å². The molecule has 6 aromatic rings. The standard InChI is InChI=1S/C20H16N4O4S.C7H7Br.C6H5BrO/c21-20(26)19-16-10-5-12(15-3-1-2-4-18(15)25)11-17(16)24(23-19)13-6-8-14(9-7-13)29-28-27-22;1-6-4-2-3-5-7(6)8;7-5-3-1-2-4-6(5)8/h1-11,25H,22H2,(H2,21,26);2-5H,1H3;1-4,8H. The zero-order valence-electron chi connectivity index (χ0n) is 23.8. The summed E-state index contributed by atoms with van der Waals surface area (Å²) in [6, 6.07) is 34.9. The molecule has 0 aliphatic carbocycles. The molecule has 0 radical (unpaired) electrons. The molecule has 1 heterocycles. The molecule has 45 heavy (non-hydrogen) atoms. The SMILES string of the molecule is Cc1ccccc1Br.NOOSc1ccc(-n2nc(C(N)=O)c3ccc(-c4ccccc4O)cc32)cc1.Oc1ccccc1Br. The molecule has 0 aliphatic rings. The van der Waals surface area contributed by atoms with Crippen molar-refractivity contribution in [3.63, 3.8) is 0 Å². The number of aryl methyl sites for hydroxylation is 1. The number of carbonyl (C=O) groups is 1. The molecule has 6 rings (SSSR count). The monoisotopic (exact) mass is 750 g/mol. The van der Waals surface area contributed by atoms with Gasteiger partial charge in [0.05, 0.1) is 27.7 Å². The van der Waals surface area contributed by atoms with Crippen molar-refractivity contribution >= 4 is 60.7 Å². The van der Waals surface area contributed by atoms with Crippen molar-refractivity contribution < 1.29 is 24.3 Å². The van der Waals surface area contributed by atoms with E-state index in [9.17, 15) is 9.90 Å². The Morgan fingerprint density at radius 3 is 1.98 bits per heavy atom. The maximum Gasteiger partial charge on any atom is 0.269 e. The molecule has 0 saturated heterocycles. The predicted molar refractivity (Wildman–Crippen MR) is 184 cm³/mol. The highest BCUT2D eigenvalue weighted by Crippen LogP contribution is 2.33. The second-order valence-electron chi connectivity index (χ2n) is 9.32. The van der Waals surface area contributed by atoms with Gasteiger partial charge in [-0.25, -0.2) is 4.68 Å². The fourth-order valence-corrected chi connectivity index (χ4v) is 5.02. The van der Waals surface area contributed by atoms with Crippen molar-refractivity contribution in [3.8, 4) is 28.3 Å². The Morgan fingerprint density at radius 1 is 0.822 bits per heavy atom. The molecule has 12 heteroatoms. The fraction of sp³-hybridized carbons (Fsp3) is 0.0303. The smallest absolute Gasteiger partial charge is 0.269 e. The summed E-state index contributed by atoms with van der Waals surface area (Å²) in [6.45, 7) is 2.07. The number of para-hydroxylation sites is 2. The summed E-state index contributed by atoms with van der Waals surface area (Å²) in [4.78, 5) is 16.8. The number of rotatable bonds is 6. The van der Waals surface area contributed by atoms with Crippen LogP contribution in [0.1, 0.15) is 16.1 Å². The molecular weight excluding hydrogens is 724 g/mol. The first-order chi connectivity index (χ1) is 21.7. The molecule has 1 aromatic heterocycles. The van der Waals surface area contributed by atoms with Gasteiger partial charge in [0.25, 0.3) is 5.91 Å². The van der Waals surface area contributed by atoms with Crippen molar-refractivity contribution in [3.05, 3.63) is 135 Å². The van der Waals surface area contributed by atoms with Gasteiger partial charge >= 0.3 is 0 Å². The summed E-state index contributed by atoms with van der Waals surface area (Å²) in [5, 5.41) is 24.1. The van der Waals surface area contributed by atoms with Gasteiger partial charge in [0.1, 0.15) is 11.5 Å². The number of halogens is 2. The Hall–Kier alpha value is -4.17. The Labute approximate surface area is 280 Å². The number of carbonyl (C=O) groups excluding carboxylic acids is 1. The topological polar surface area (TPSA) is 146 Å². The first-order valence-corrected chi connectivity index (χ1v) is 15.6. The largest absolute Gasteiger partial charge is 0.507 e. The quantitative estimate of drug-likeness (QED) is 0.0757. The van der Waals surface area contributed by atoms with Gasteiger partial charge in [-0.1, -0.05) is 70.5 Å². The average molecular weight is 752 g/mol. The zero-order valence-corrected chi connectivity index (χ0v) is 27.8. The second kappa shape index (κ2) is 16.2. The number of primary amides is 1. The van der Waals surface area contributed by atoms with Crippen LogP contribution in [-0.4, -0.2) is 25.9 Å². The molecule has 0 bridgehead atoms. The number of phenolic OH excluding ortho intramolecular Hbond substituents is 2. The van der Waals surface area contributed by atoms with Crippen molar-refractivity contribution in [2.75, 3.05) is 0 Å². The number of hydrogen-bond acceptors (Lipinski definition) is 8. The Balaban J connectivity index is 0.000000234. The van der Waals surface area contributed by atoms with E-state index >= 15 is 0 Å². The summed E-state index contributed by atoms with van der Waals surface area (Å²) >= 11 is 7.50. The van der Waals surface area contributed by atoms with Gasteiger partial charge in [0, 0.05) is 20.3 Å². The Morgan fingerprint density at radius 2 is 1.44 bits per heavy atom. The summed E-state index contributed by atoms with van der Waals surface area (Å²) in [7, 11) is 0. The second-order valence-corrected chi connectivity index (χ2v) is 11.8. The lowest BCUT2D eigenvalue weighted by molar-refractivity contribution is -0.195. The van der Waals surface area contributed by atoms with Crippen LogP contribution in [0, 0.1) is 6.92 Å². The van der Waals surface area contributed by atoms with Gasteiger partial charge in [-0.3, -0.25) is 4.79 Å². The van der Waals surface area contributed by atoms with Crippen LogP contribution in [0.2, 0.25) is 0 Å². The number of amides is 1. The van der Waals surface area contributed by atoms with E-state index in [1.165, 1.54) is 10.0 Å². The molecule has 230 valence electrons. The van der Waals surface area contributed by atoms with Gasteiger partial charge in [-0.2, -0.15) is 11.0 Å². The highest BCUT2D eigenvalue weighted by molar-refractivity contribution is 9.10. The predicted octanol–water partition coefficient (Wildman–Crippen LogP) is 8.24.